The van der Waals surface area contributed by atoms with Crippen LogP contribution in [0, 0.1) is 29.6 Å². The van der Waals surface area contributed by atoms with Crippen molar-refractivity contribution >= 4 is 0 Å². The van der Waals surface area contributed by atoms with Gasteiger partial charge in [-0.05, 0) is 73.4 Å². The van der Waals surface area contributed by atoms with Gasteiger partial charge in [-0.15, -0.1) is 0 Å². The van der Waals surface area contributed by atoms with Crippen LogP contribution in [0.5, 0.6) is 0 Å². The molecule has 3 fully saturated rings. The first-order valence-electron chi connectivity index (χ1n) is 8.00. The first-order valence-corrected chi connectivity index (χ1v) is 8.00. The Kier molecular flexibility index (Phi) is 2.87. The topological polar surface area (TPSA) is 24.9 Å². The Morgan fingerprint density at radius 3 is 2.74 bits per heavy atom. The number of nitrogens with zero attached hydrogens (tertiary/aromatic N) is 1. The molecule has 2 heteroatoms. The van der Waals surface area contributed by atoms with Crippen molar-refractivity contribution in [1.29, 1.82) is 0 Å². The lowest BCUT2D eigenvalue weighted by Gasteiger charge is -2.21. The standard InChI is InChI=1S/C17H24N2/c1-2-19-14(8-11-4-3-7-18-10-11)17-15-12-5-6-13(9-12)16(15)17/h3-4,7,10,12-17,19H,2,5-6,8-9H2,1H3. The van der Waals surface area contributed by atoms with E-state index in [1.54, 1.807) is 6.42 Å². The fourth-order valence-electron chi connectivity index (χ4n) is 5.31. The Morgan fingerprint density at radius 2 is 2.11 bits per heavy atom. The van der Waals surface area contributed by atoms with Crippen molar-refractivity contribution in [3.63, 3.8) is 0 Å². The molecule has 3 aliphatic carbocycles. The van der Waals surface area contributed by atoms with Crippen LogP contribution >= 0.6 is 0 Å². The van der Waals surface area contributed by atoms with Gasteiger partial charge in [0.25, 0.3) is 0 Å². The smallest absolute Gasteiger partial charge is 0.0300 e. The summed E-state index contributed by atoms with van der Waals surface area (Å²) in [7, 11) is 0. The summed E-state index contributed by atoms with van der Waals surface area (Å²) in [5.74, 6) is 5.26. The van der Waals surface area contributed by atoms with Crippen molar-refractivity contribution in [2.75, 3.05) is 6.54 Å². The minimum Gasteiger partial charge on any atom is -0.314 e. The molecule has 0 aromatic carbocycles. The van der Waals surface area contributed by atoms with E-state index in [9.17, 15) is 0 Å². The molecular formula is C17H24N2. The molecule has 1 aromatic heterocycles. The highest BCUT2D eigenvalue weighted by Crippen LogP contribution is 2.70. The highest BCUT2D eigenvalue weighted by molar-refractivity contribution is 5.19. The fourth-order valence-corrected chi connectivity index (χ4v) is 5.31. The lowest BCUT2D eigenvalue weighted by atomic mass is 9.93. The first-order chi connectivity index (χ1) is 9.38. The van der Waals surface area contributed by atoms with Gasteiger partial charge in [0.15, 0.2) is 0 Å². The van der Waals surface area contributed by atoms with Gasteiger partial charge in [0.05, 0.1) is 0 Å². The first kappa shape index (κ1) is 11.9. The summed E-state index contributed by atoms with van der Waals surface area (Å²) in [6.45, 7) is 3.33. The molecule has 1 N–H and O–H groups in total. The lowest BCUT2D eigenvalue weighted by Crippen LogP contribution is -2.35. The van der Waals surface area contributed by atoms with Crippen molar-refractivity contribution in [2.45, 2.75) is 38.6 Å². The third-order valence-corrected chi connectivity index (χ3v) is 5.90. The highest BCUT2D eigenvalue weighted by Gasteiger charge is 2.66. The van der Waals surface area contributed by atoms with E-state index < -0.39 is 0 Å². The number of likely N-dealkylation sites (N-methyl/N-ethyl adjacent to an activating group) is 1. The molecule has 1 aromatic rings. The van der Waals surface area contributed by atoms with Crippen LogP contribution in [0.3, 0.4) is 0 Å². The van der Waals surface area contributed by atoms with Gasteiger partial charge in [-0.3, -0.25) is 4.98 Å². The summed E-state index contributed by atoms with van der Waals surface area (Å²) in [5.41, 5.74) is 1.39. The van der Waals surface area contributed by atoms with Crippen molar-refractivity contribution in [2.24, 2.45) is 29.6 Å². The molecule has 102 valence electrons. The molecule has 2 nitrogen and oxygen atoms in total. The number of fused-ring (bicyclic) bond motifs is 5. The van der Waals surface area contributed by atoms with Gasteiger partial charge in [0.1, 0.15) is 0 Å². The summed E-state index contributed by atoms with van der Waals surface area (Å²) in [6.07, 6.45) is 9.67. The second-order valence-electron chi connectivity index (χ2n) is 6.79. The number of hydrogen-bond donors (Lipinski definition) is 1. The number of hydrogen-bond acceptors (Lipinski definition) is 2. The van der Waals surface area contributed by atoms with Crippen LogP contribution in [0.25, 0.3) is 0 Å². The van der Waals surface area contributed by atoms with E-state index in [1.807, 2.05) is 12.4 Å². The third-order valence-electron chi connectivity index (χ3n) is 5.90. The molecule has 0 amide bonds. The van der Waals surface area contributed by atoms with E-state index in [2.05, 4.69) is 29.4 Å². The van der Waals surface area contributed by atoms with E-state index in [0.29, 0.717) is 6.04 Å². The summed E-state index contributed by atoms with van der Waals surface area (Å²) in [6, 6.07) is 4.98. The predicted octanol–water partition coefficient (Wildman–Crippen LogP) is 2.89. The van der Waals surface area contributed by atoms with Gasteiger partial charge in [-0.1, -0.05) is 13.0 Å². The molecule has 2 bridgehead atoms. The minimum atomic E-state index is 0.688. The SMILES string of the molecule is CCNC(Cc1cccnc1)C1C2C3CCC(C3)C21. The van der Waals surface area contributed by atoms with Crippen LogP contribution in [0.2, 0.25) is 0 Å². The normalized spacial score (nSPS) is 40.2. The molecule has 1 heterocycles. The molecule has 0 aliphatic heterocycles. The Hall–Kier alpha value is -0.890. The summed E-state index contributed by atoms with van der Waals surface area (Å²) in [5, 5.41) is 3.76. The van der Waals surface area contributed by atoms with E-state index >= 15 is 0 Å². The van der Waals surface area contributed by atoms with E-state index in [4.69, 9.17) is 0 Å². The van der Waals surface area contributed by atoms with Gasteiger partial charge < -0.3 is 5.32 Å². The molecule has 19 heavy (non-hydrogen) atoms. The van der Waals surface area contributed by atoms with E-state index in [-0.39, 0.29) is 0 Å². The predicted molar refractivity (Wildman–Crippen MR) is 76.7 cm³/mol. The Bertz CT molecular complexity index is 428. The number of pyridine rings is 1. The van der Waals surface area contributed by atoms with Gasteiger partial charge in [0, 0.05) is 18.4 Å². The summed E-state index contributed by atoms with van der Waals surface area (Å²) >= 11 is 0. The summed E-state index contributed by atoms with van der Waals surface area (Å²) < 4.78 is 0. The van der Waals surface area contributed by atoms with Crippen LogP contribution < -0.4 is 5.32 Å². The zero-order valence-electron chi connectivity index (χ0n) is 11.8. The van der Waals surface area contributed by atoms with E-state index in [0.717, 1.165) is 36.1 Å². The molecule has 3 saturated carbocycles. The van der Waals surface area contributed by atoms with Crippen LogP contribution in [0.15, 0.2) is 24.5 Å². The zero-order chi connectivity index (χ0) is 12.8. The summed E-state index contributed by atoms with van der Waals surface area (Å²) in [4.78, 5) is 4.26. The maximum absolute atomic E-state index is 4.26. The Balaban J connectivity index is 1.48. The lowest BCUT2D eigenvalue weighted by molar-refractivity contribution is 0.365. The maximum atomic E-state index is 4.26. The largest absolute Gasteiger partial charge is 0.314 e. The Morgan fingerprint density at radius 1 is 1.32 bits per heavy atom. The molecule has 5 atom stereocenters. The number of aromatic nitrogens is 1. The molecule has 4 rings (SSSR count). The van der Waals surface area contributed by atoms with Crippen LogP contribution in [0.4, 0.5) is 0 Å². The second kappa shape index (κ2) is 4.59. The van der Waals surface area contributed by atoms with Crippen molar-refractivity contribution < 1.29 is 0 Å². The molecule has 0 radical (unpaired) electrons. The molecule has 0 spiro atoms. The number of nitrogens with one attached hydrogen (secondary N) is 1. The van der Waals surface area contributed by atoms with Crippen LogP contribution in [0.1, 0.15) is 31.7 Å². The van der Waals surface area contributed by atoms with Crippen molar-refractivity contribution in [3.8, 4) is 0 Å². The van der Waals surface area contributed by atoms with Gasteiger partial charge in [0.2, 0.25) is 0 Å². The van der Waals surface area contributed by atoms with Crippen LogP contribution in [-0.2, 0) is 6.42 Å². The Labute approximate surface area is 116 Å². The monoisotopic (exact) mass is 256 g/mol. The third kappa shape index (κ3) is 1.92. The van der Waals surface area contributed by atoms with Gasteiger partial charge in [-0.2, -0.15) is 0 Å². The molecule has 0 saturated heterocycles. The van der Waals surface area contributed by atoms with Gasteiger partial charge in [-0.25, -0.2) is 0 Å². The maximum Gasteiger partial charge on any atom is 0.0300 e. The van der Waals surface area contributed by atoms with Crippen molar-refractivity contribution in [3.05, 3.63) is 30.1 Å². The average molecular weight is 256 g/mol. The average Bonchev–Trinajstić information content (AvgIpc) is 2.87. The van der Waals surface area contributed by atoms with Crippen molar-refractivity contribution in [1.82, 2.24) is 10.3 Å². The number of rotatable bonds is 5. The molecule has 5 unspecified atom stereocenters. The minimum absolute atomic E-state index is 0.688. The van der Waals surface area contributed by atoms with E-state index in [1.165, 1.54) is 24.8 Å². The van der Waals surface area contributed by atoms with Crippen LogP contribution in [-0.4, -0.2) is 17.6 Å². The fraction of sp³-hybridized carbons (Fsp3) is 0.706. The second-order valence-corrected chi connectivity index (χ2v) is 6.79. The molecular weight excluding hydrogens is 232 g/mol. The van der Waals surface area contributed by atoms with Gasteiger partial charge >= 0.3 is 0 Å². The zero-order valence-corrected chi connectivity index (χ0v) is 11.8. The molecule has 3 aliphatic rings. The quantitative estimate of drug-likeness (QED) is 0.876. The highest BCUT2D eigenvalue weighted by atomic mass is 14.9.